The molecule has 1 unspecified atom stereocenters. The molecule has 0 aromatic heterocycles. The van der Waals surface area contributed by atoms with Crippen LogP contribution in [0, 0.1) is 5.92 Å². The second kappa shape index (κ2) is 3.48. The molecule has 1 heterocycles. The van der Waals surface area contributed by atoms with Crippen molar-refractivity contribution in [1.29, 1.82) is 0 Å². The third-order valence-corrected chi connectivity index (χ3v) is 1.85. The van der Waals surface area contributed by atoms with Crippen molar-refractivity contribution < 1.29 is 4.79 Å². The summed E-state index contributed by atoms with van der Waals surface area (Å²) in [5.41, 5.74) is 8.73. The fraction of sp³-hybridized carbons (Fsp3) is 0.714. The molecule has 0 aliphatic carbocycles. The van der Waals surface area contributed by atoms with Gasteiger partial charge in [-0.25, -0.2) is 5.43 Å². The fourth-order valence-electron chi connectivity index (χ4n) is 1.22. The molecule has 11 heavy (non-hydrogen) atoms. The van der Waals surface area contributed by atoms with Crippen molar-refractivity contribution in [1.82, 2.24) is 5.43 Å². The van der Waals surface area contributed by atoms with Gasteiger partial charge in [-0.2, -0.15) is 5.10 Å². The van der Waals surface area contributed by atoms with Crippen LogP contribution in [0.5, 0.6) is 0 Å². The topological polar surface area (TPSA) is 67.5 Å². The second-order valence-electron chi connectivity index (χ2n) is 2.56. The molecule has 1 aliphatic heterocycles. The van der Waals surface area contributed by atoms with E-state index in [0.29, 0.717) is 13.0 Å². The Balaban J connectivity index is 2.58. The number of hydrogen-bond acceptors (Lipinski definition) is 3. The third kappa shape index (κ3) is 1.57. The average Bonchev–Trinajstić information content (AvgIpc) is 2.34. The SMILES string of the molecule is CCC1=NNC(=O)C1CCN. The molecule has 0 aromatic rings. The average molecular weight is 155 g/mol. The van der Waals surface area contributed by atoms with Crippen LogP contribution in [-0.4, -0.2) is 18.2 Å². The normalized spacial score (nSPS) is 23.3. The van der Waals surface area contributed by atoms with E-state index in [2.05, 4.69) is 10.5 Å². The summed E-state index contributed by atoms with van der Waals surface area (Å²) < 4.78 is 0. The van der Waals surface area contributed by atoms with E-state index in [-0.39, 0.29) is 11.8 Å². The third-order valence-electron chi connectivity index (χ3n) is 1.85. The van der Waals surface area contributed by atoms with Crippen LogP contribution >= 0.6 is 0 Å². The van der Waals surface area contributed by atoms with Gasteiger partial charge in [-0.15, -0.1) is 0 Å². The summed E-state index contributed by atoms with van der Waals surface area (Å²) in [5.74, 6) is -0.0719. The first kappa shape index (κ1) is 8.20. The molecule has 3 N–H and O–H groups in total. The summed E-state index contributed by atoms with van der Waals surface area (Å²) in [7, 11) is 0. The van der Waals surface area contributed by atoms with E-state index < -0.39 is 0 Å². The smallest absolute Gasteiger partial charge is 0.248 e. The van der Waals surface area contributed by atoms with E-state index in [9.17, 15) is 4.79 Å². The molecule has 1 amide bonds. The van der Waals surface area contributed by atoms with Gasteiger partial charge in [-0.1, -0.05) is 6.92 Å². The van der Waals surface area contributed by atoms with Gasteiger partial charge in [0.05, 0.1) is 11.6 Å². The molecular weight excluding hydrogens is 142 g/mol. The van der Waals surface area contributed by atoms with E-state index >= 15 is 0 Å². The van der Waals surface area contributed by atoms with E-state index in [1.165, 1.54) is 0 Å². The van der Waals surface area contributed by atoms with Gasteiger partial charge in [0.15, 0.2) is 0 Å². The quantitative estimate of drug-likeness (QED) is 0.595. The zero-order valence-electron chi connectivity index (χ0n) is 6.63. The minimum absolute atomic E-state index is 0.00713. The van der Waals surface area contributed by atoms with E-state index in [1.54, 1.807) is 0 Å². The predicted molar refractivity (Wildman–Crippen MR) is 43.0 cm³/mol. The molecule has 62 valence electrons. The Morgan fingerprint density at radius 1 is 1.73 bits per heavy atom. The van der Waals surface area contributed by atoms with Crippen molar-refractivity contribution in [3.8, 4) is 0 Å². The second-order valence-corrected chi connectivity index (χ2v) is 2.56. The van der Waals surface area contributed by atoms with Crippen LogP contribution in [0.4, 0.5) is 0 Å². The van der Waals surface area contributed by atoms with Crippen molar-refractivity contribution in [3.05, 3.63) is 0 Å². The number of nitrogens with zero attached hydrogens (tertiary/aromatic N) is 1. The number of nitrogens with two attached hydrogens (primary N) is 1. The number of hydrogen-bond donors (Lipinski definition) is 2. The lowest BCUT2D eigenvalue weighted by Gasteiger charge is -2.05. The molecule has 4 nitrogen and oxygen atoms in total. The van der Waals surface area contributed by atoms with E-state index in [0.717, 1.165) is 12.1 Å². The Morgan fingerprint density at radius 3 is 3.00 bits per heavy atom. The highest BCUT2D eigenvalue weighted by Gasteiger charge is 2.27. The number of carbonyl (C=O) groups excluding carboxylic acids is 1. The maximum absolute atomic E-state index is 11.1. The maximum atomic E-state index is 11.1. The molecule has 0 spiro atoms. The number of nitrogens with one attached hydrogen (secondary N) is 1. The molecule has 0 bridgehead atoms. The van der Waals surface area contributed by atoms with Crippen molar-refractivity contribution in [2.24, 2.45) is 16.8 Å². The van der Waals surface area contributed by atoms with Crippen LogP contribution in [0.1, 0.15) is 19.8 Å². The van der Waals surface area contributed by atoms with Gasteiger partial charge in [-0.3, -0.25) is 4.79 Å². The van der Waals surface area contributed by atoms with Gasteiger partial charge in [0.25, 0.3) is 0 Å². The van der Waals surface area contributed by atoms with Crippen LogP contribution in [0.3, 0.4) is 0 Å². The first-order valence-corrected chi connectivity index (χ1v) is 3.86. The molecule has 0 saturated carbocycles. The largest absolute Gasteiger partial charge is 0.330 e. The first-order valence-electron chi connectivity index (χ1n) is 3.86. The zero-order chi connectivity index (χ0) is 8.27. The standard InChI is InChI=1S/C7H13N3O/c1-2-6-5(3-4-8)7(11)10-9-6/h5H,2-4,8H2,1H3,(H,10,11). The Bertz CT molecular complexity index is 188. The summed E-state index contributed by atoms with van der Waals surface area (Å²) in [6.07, 6.45) is 1.53. The highest BCUT2D eigenvalue weighted by atomic mass is 16.2. The number of rotatable bonds is 3. The summed E-state index contributed by atoms with van der Waals surface area (Å²) in [6, 6.07) is 0. The van der Waals surface area contributed by atoms with Gasteiger partial charge < -0.3 is 5.73 Å². The molecule has 0 saturated heterocycles. The van der Waals surface area contributed by atoms with Crippen molar-refractivity contribution in [3.63, 3.8) is 0 Å². The van der Waals surface area contributed by atoms with Crippen LogP contribution in [0.2, 0.25) is 0 Å². The molecule has 1 aliphatic rings. The first-order chi connectivity index (χ1) is 5.29. The van der Waals surface area contributed by atoms with E-state index in [4.69, 9.17) is 5.73 Å². The van der Waals surface area contributed by atoms with Crippen LogP contribution in [0.25, 0.3) is 0 Å². The molecule has 0 fully saturated rings. The Labute approximate surface area is 65.8 Å². The molecular formula is C7H13N3O. The summed E-state index contributed by atoms with van der Waals surface area (Å²) >= 11 is 0. The number of hydrazone groups is 1. The molecule has 1 atom stereocenters. The van der Waals surface area contributed by atoms with Gasteiger partial charge in [-0.05, 0) is 19.4 Å². The monoisotopic (exact) mass is 155 g/mol. The maximum Gasteiger partial charge on any atom is 0.248 e. The van der Waals surface area contributed by atoms with Crippen LogP contribution in [0.15, 0.2) is 5.10 Å². The highest BCUT2D eigenvalue weighted by molar-refractivity contribution is 6.07. The zero-order valence-corrected chi connectivity index (χ0v) is 6.63. The highest BCUT2D eigenvalue weighted by Crippen LogP contribution is 2.12. The lowest BCUT2D eigenvalue weighted by Crippen LogP contribution is -2.25. The molecule has 1 rings (SSSR count). The van der Waals surface area contributed by atoms with E-state index in [1.807, 2.05) is 6.92 Å². The Kier molecular flexibility index (Phi) is 2.59. The van der Waals surface area contributed by atoms with Crippen molar-refractivity contribution >= 4 is 11.6 Å². The van der Waals surface area contributed by atoms with Gasteiger partial charge >= 0.3 is 0 Å². The van der Waals surface area contributed by atoms with Gasteiger partial charge in [0.2, 0.25) is 5.91 Å². The fourth-order valence-corrected chi connectivity index (χ4v) is 1.22. The predicted octanol–water partition coefficient (Wildman–Crippen LogP) is -0.153. The van der Waals surface area contributed by atoms with Crippen molar-refractivity contribution in [2.45, 2.75) is 19.8 Å². The Morgan fingerprint density at radius 2 is 2.45 bits per heavy atom. The van der Waals surface area contributed by atoms with Gasteiger partial charge in [0, 0.05) is 0 Å². The lowest BCUT2D eigenvalue weighted by atomic mass is 9.98. The summed E-state index contributed by atoms with van der Waals surface area (Å²) in [4.78, 5) is 11.1. The van der Waals surface area contributed by atoms with Crippen molar-refractivity contribution in [2.75, 3.05) is 6.54 Å². The minimum atomic E-state index is -0.0648. The van der Waals surface area contributed by atoms with Gasteiger partial charge in [0.1, 0.15) is 0 Å². The summed E-state index contributed by atoms with van der Waals surface area (Å²) in [6.45, 7) is 2.53. The van der Waals surface area contributed by atoms with Crippen LogP contribution in [-0.2, 0) is 4.79 Å². The van der Waals surface area contributed by atoms with Crippen LogP contribution < -0.4 is 11.2 Å². The molecule has 0 radical (unpaired) electrons. The number of amides is 1. The Hall–Kier alpha value is -0.900. The minimum Gasteiger partial charge on any atom is -0.330 e. The molecule has 4 heteroatoms. The molecule has 0 aromatic carbocycles. The summed E-state index contributed by atoms with van der Waals surface area (Å²) in [5, 5.41) is 3.90. The lowest BCUT2D eigenvalue weighted by molar-refractivity contribution is -0.122. The number of carbonyl (C=O) groups is 1.